The Morgan fingerprint density at radius 2 is 1.75 bits per heavy atom. The quantitative estimate of drug-likeness (QED) is 0.392. The van der Waals surface area contributed by atoms with Gasteiger partial charge in [-0.3, -0.25) is 9.36 Å². The molecule has 4 rings (SSSR count). The molecule has 0 aliphatic rings. The molecular formula is C25H24N4O2S. The average molecular weight is 445 g/mol. The summed E-state index contributed by atoms with van der Waals surface area (Å²) in [7, 11) is 1.58. The van der Waals surface area contributed by atoms with Gasteiger partial charge in [0, 0.05) is 11.3 Å². The summed E-state index contributed by atoms with van der Waals surface area (Å²) in [5.41, 5.74) is 4.88. The van der Waals surface area contributed by atoms with Crippen molar-refractivity contribution in [2.75, 3.05) is 18.2 Å². The maximum absolute atomic E-state index is 12.6. The number of hydrogen-bond acceptors (Lipinski definition) is 5. The van der Waals surface area contributed by atoms with Crippen LogP contribution >= 0.6 is 11.8 Å². The van der Waals surface area contributed by atoms with Crippen molar-refractivity contribution >= 4 is 23.4 Å². The Balaban J connectivity index is 1.61. The van der Waals surface area contributed by atoms with E-state index in [1.807, 2.05) is 66.1 Å². The number of aromatic nitrogens is 3. The molecule has 0 fully saturated rings. The number of rotatable bonds is 7. The third-order valence-electron chi connectivity index (χ3n) is 4.92. The first-order chi connectivity index (χ1) is 15.5. The second kappa shape index (κ2) is 9.70. The first kappa shape index (κ1) is 21.6. The summed E-state index contributed by atoms with van der Waals surface area (Å²) < 4.78 is 7.30. The van der Waals surface area contributed by atoms with Crippen LogP contribution in [0.1, 0.15) is 11.1 Å². The van der Waals surface area contributed by atoms with E-state index in [0.717, 1.165) is 22.6 Å². The van der Waals surface area contributed by atoms with E-state index in [9.17, 15) is 4.79 Å². The van der Waals surface area contributed by atoms with Gasteiger partial charge in [-0.2, -0.15) is 0 Å². The monoisotopic (exact) mass is 444 g/mol. The number of para-hydroxylation sites is 2. The van der Waals surface area contributed by atoms with Crippen LogP contribution in [0.25, 0.3) is 17.1 Å². The molecule has 3 aromatic carbocycles. The highest BCUT2D eigenvalue weighted by Gasteiger charge is 2.18. The van der Waals surface area contributed by atoms with Gasteiger partial charge in [-0.1, -0.05) is 65.4 Å². The van der Waals surface area contributed by atoms with E-state index in [1.54, 1.807) is 7.11 Å². The standard InChI is InChI=1S/C25H24N4O2S/c1-17-11-13-20(14-12-17)29-24(19-8-6-7-18(2)15-19)27-28-25(29)32-16-23(30)26-21-9-4-5-10-22(21)31-3/h4-15H,16H2,1-3H3,(H,26,30). The SMILES string of the molecule is COc1ccccc1NC(=O)CSc1nnc(-c2cccc(C)c2)n1-c1ccc(C)cc1. The Kier molecular flexibility index (Phi) is 6.56. The number of ether oxygens (including phenoxy) is 1. The molecule has 4 aromatic rings. The van der Waals surface area contributed by atoms with E-state index in [0.29, 0.717) is 16.6 Å². The van der Waals surface area contributed by atoms with Crippen LogP contribution in [0, 0.1) is 13.8 Å². The number of hydrogen-bond donors (Lipinski definition) is 1. The highest BCUT2D eigenvalue weighted by Crippen LogP contribution is 2.29. The summed E-state index contributed by atoms with van der Waals surface area (Å²) >= 11 is 1.34. The number of amides is 1. The zero-order valence-corrected chi connectivity index (χ0v) is 19.0. The number of thioether (sulfide) groups is 1. The van der Waals surface area contributed by atoms with Gasteiger partial charge in [-0.05, 0) is 44.2 Å². The second-order valence-corrected chi connectivity index (χ2v) is 8.33. The minimum Gasteiger partial charge on any atom is -0.495 e. The van der Waals surface area contributed by atoms with Gasteiger partial charge >= 0.3 is 0 Å². The van der Waals surface area contributed by atoms with E-state index in [-0.39, 0.29) is 11.7 Å². The number of aryl methyl sites for hydroxylation is 2. The van der Waals surface area contributed by atoms with Crippen molar-refractivity contribution < 1.29 is 9.53 Å². The fraction of sp³-hybridized carbons (Fsp3) is 0.160. The van der Waals surface area contributed by atoms with Crippen molar-refractivity contribution in [3.05, 3.63) is 83.9 Å². The molecule has 0 aliphatic carbocycles. The molecule has 1 aromatic heterocycles. The minimum atomic E-state index is -0.143. The molecule has 7 heteroatoms. The molecule has 1 N–H and O–H groups in total. The number of carbonyl (C=O) groups excluding carboxylic acids is 1. The highest BCUT2D eigenvalue weighted by atomic mass is 32.2. The number of nitrogens with one attached hydrogen (secondary N) is 1. The number of carbonyl (C=O) groups is 1. The zero-order valence-electron chi connectivity index (χ0n) is 18.2. The lowest BCUT2D eigenvalue weighted by Crippen LogP contribution is -2.15. The average Bonchev–Trinajstić information content (AvgIpc) is 3.22. The summed E-state index contributed by atoms with van der Waals surface area (Å²) in [6, 6.07) is 23.7. The Labute approximate surface area is 191 Å². The van der Waals surface area contributed by atoms with Gasteiger partial charge in [0.05, 0.1) is 18.6 Å². The number of anilines is 1. The van der Waals surface area contributed by atoms with E-state index < -0.39 is 0 Å². The summed E-state index contributed by atoms with van der Waals surface area (Å²) in [4.78, 5) is 12.6. The highest BCUT2D eigenvalue weighted by molar-refractivity contribution is 7.99. The zero-order chi connectivity index (χ0) is 22.5. The summed E-state index contributed by atoms with van der Waals surface area (Å²) in [6.07, 6.45) is 0. The molecule has 1 heterocycles. The Morgan fingerprint density at radius 1 is 0.969 bits per heavy atom. The molecule has 162 valence electrons. The van der Waals surface area contributed by atoms with Crippen LogP contribution < -0.4 is 10.1 Å². The van der Waals surface area contributed by atoms with Crippen LogP contribution in [0.4, 0.5) is 5.69 Å². The van der Waals surface area contributed by atoms with Gasteiger partial charge in [0.2, 0.25) is 5.91 Å². The van der Waals surface area contributed by atoms with Crippen molar-refractivity contribution in [3.8, 4) is 22.8 Å². The van der Waals surface area contributed by atoms with Crippen LogP contribution in [0.3, 0.4) is 0 Å². The van der Waals surface area contributed by atoms with E-state index in [2.05, 4.69) is 40.6 Å². The Hall–Kier alpha value is -3.58. The van der Waals surface area contributed by atoms with Gasteiger partial charge in [-0.15, -0.1) is 10.2 Å². The van der Waals surface area contributed by atoms with Crippen LogP contribution in [-0.2, 0) is 4.79 Å². The Bertz CT molecular complexity index is 1230. The predicted octanol–water partition coefficient (Wildman–Crippen LogP) is 5.29. The van der Waals surface area contributed by atoms with Crippen molar-refractivity contribution in [1.29, 1.82) is 0 Å². The summed E-state index contributed by atoms with van der Waals surface area (Å²) in [5, 5.41) is 12.4. The van der Waals surface area contributed by atoms with Gasteiger partial charge < -0.3 is 10.1 Å². The third-order valence-corrected chi connectivity index (χ3v) is 5.84. The second-order valence-electron chi connectivity index (χ2n) is 7.38. The number of nitrogens with zero attached hydrogens (tertiary/aromatic N) is 3. The lowest BCUT2D eigenvalue weighted by atomic mass is 10.1. The lowest BCUT2D eigenvalue weighted by Gasteiger charge is -2.12. The molecule has 0 radical (unpaired) electrons. The smallest absolute Gasteiger partial charge is 0.234 e. The molecule has 6 nitrogen and oxygen atoms in total. The number of methoxy groups -OCH3 is 1. The van der Waals surface area contributed by atoms with E-state index >= 15 is 0 Å². The van der Waals surface area contributed by atoms with Crippen molar-refractivity contribution in [3.63, 3.8) is 0 Å². The summed E-state index contributed by atoms with van der Waals surface area (Å²) in [5.74, 6) is 1.41. The molecule has 0 aliphatic heterocycles. The van der Waals surface area contributed by atoms with Crippen molar-refractivity contribution in [2.45, 2.75) is 19.0 Å². The fourth-order valence-corrected chi connectivity index (χ4v) is 4.08. The summed E-state index contributed by atoms with van der Waals surface area (Å²) in [6.45, 7) is 4.10. The molecular weight excluding hydrogens is 420 g/mol. The van der Waals surface area contributed by atoms with E-state index in [1.165, 1.54) is 17.3 Å². The molecule has 32 heavy (non-hydrogen) atoms. The first-order valence-corrected chi connectivity index (χ1v) is 11.2. The fourth-order valence-electron chi connectivity index (χ4n) is 3.33. The van der Waals surface area contributed by atoms with Crippen LogP contribution in [0.2, 0.25) is 0 Å². The van der Waals surface area contributed by atoms with Gasteiger partial charge in [0.15, 0.2) is 11.0 Å². The van der Waals surface area contributed by atoms with Gasteiger partial charge in [0.25, 0.3) is 0 Å². The molecule has 0 saturated carbocycles. The maximum Gasteiger partial charge on any atom is 0.234 e. The van der Waals surface area contributed by atoms with Crippen LogP contribution in [0.15, 0.2) is 78.0 Å². The van der Waals surface area contributed by atoms with Crippen molar-refractivity contribution in [2.24, 2.45) is 0 Å². The lowest BCUT2D eigenvalue weighted by molar-refractivity contribution is -0.113. The van der Waals surface area contributed by atoms with Gasteiger partial charge in [-0.25, -0.2) is 0 Å². The molecule has 0 saturated heterocycles. The first-order valence-electron chi connectivity index (χ1n) is 10.2. The number of benzene rings is 3. The predicted molar refractivity (Wildman–Crippen MR) is 129 cm³/mol. The van der Waals surface area contributed by atoms with Crippen LogP contribution in [-0.4, -0.2) is 33.5 Å². The Morgan fingerprint density at radius 3 is 2.50 bits per heavy atom. The third kappa shape index (κ3) is 4.84. The topological polar surface area (TPSA) is 69.0 Å². The minimum absolute atomic E-state index is 0.143. The van der Waals surface area contributed by atoms with Gasteiger partial charge in [0.1, 0.15) is 5.75 Å². The van der Waals surface area contributed by atoms with Crippen LogP contribution in [0.5, 0.6) is 5.75 Å². The van der Waals surface area contributed by atoms with E-state index in [4.69, 9.17) is 4.74 Å². The molecule has 0 atom stereocenters. The van der Waals surface area contributed by atoms with Crippen molar-refractivity contribution in [1.82, 2.24) is 14.8 Å². The molecule has 1 amide bonds. The molecule has 0 unspecified atom stereocenters. The normalized spacial score (nSPS) is 10.7. The molecule has 0 spiro atoms. The molecule has 0 bridgehead atoms. The largest absolute Gasteiger partial charge is 0.495 e. The maximum atomic E-state index is 12.6.